The number of amides is 1. The molecule has 11 heteroatoms. The molecule has 0 unspecified atom stereocenters. The molecule has 0 aromatic heterocycles. The van der Waals surface area contributed by atoms with Gasteiger partial charge in [0, 0.05) is 18.0 Å². The first-order valence-electron chi connectivity index (χ1n) is 14.0. The van der Waals surface area contributed by atoms with Crippen LogP contribution in [0.2, 0.25) is 5.02 Å². The Hall–Kier alpha value is -2.95. The van der Waals surface area contributed by atoms with Gasteiger partial charge in [0.15, 0.2) is 9.84 Å². The van der Waals surface area contributed by atoms with Gasteiger partial charge in [0.05, 0.1) is 27.5 Å². The van der Waals surface area contributed by atoms with Crippen LogP contribution in [0.25, 0.3) is 0 Å². The molecule has 0 saturated carbocycles. The summed E-state index contributed by atoms with van der Waals surface area (Å²) in [6.45, 7) is 0.183. The average Bonchev–Trinajstić information content (AvgIpc) is 3.39. The quantitative estimate of drug-likeness (QED) is 0.376. The first-order valence-corrected chi connectivity index (χ1v) is 17.7. The van der Waals surface area contributed by atoms with E-state index in [0.717, 1.165) is 5.56 Å². The summed E-state index contributed by atoms with van der Waals surface area (Å²) in [6.07, 6.45) is 1.69. The molecular weight excluding hydrogens is 601 g/mol. The predicted molar refractivity (Wildman–Crippen MR) is 157 cm³/mol. The molecule has 2 fully saturated rings. The van der Waals surface area contributed by atoms with E-state index >= 15 is 0 Å². The van der Waals surface area contributed by atoms with Crippen molar-refractivity contribution in [1.82, 2.24) is 4.90 Å². The fourth-order valence-corrected chi connectivity index (χ4v) is 11.0. The van der Waals surface area contributed by atoms with Crippen molar-refractivity contribution in [1.29, 1.82) is 0 Å². The fourth-order valence-electron chi connectivity index (χ4n) is 6.86. The summed E-state index contributed by atoms with van der Waals surface area (Å²) in [5.41, 5.74) is 1.68. The molecule has 222 valence electrons. The second-order valence-electron chi connectivity index (χ2n) is 11.3. The van der Waals surface area contributed by atoms with Crippen LogP contribution < -0.4 is 4.74 Å². The third-order valence-electron chi connectivity index (χ3n) is 9.02. The summed E-state index contributed by atoms with van der Waals surface area (Å²) in [4.78, 5) is 15.7. The van der Waals surface area contributed by atoms with Crippen molar-refractivity contribution in [2.45, 2.75) is 54.4 Å². The van der Waals surface area contributed by atoms with Crippen LogP contribution in [0.15, 0.2) is 71.6 Å². The lowest BCUT2D eigenvalue weighted by Crippen LogP contribution is -2.53. The number of aryl methyl sites for hydroxylation is 1. The normalized spacial score (nSPS) is 23.7. The molecule has 2 atom stereocenters. The topological polar surface area (TPSA) is 97.8 Å². The maximum absolute atomic E-state index is 14.5. The Labute approximate surface area is 250 Å². The smallest absolute Gasteiger partial charge is 0.226 e. The number of carbonyl (C=O) groups excluding carboxylic acids is 1. The molecule has 1 aliphatic carbocycles. The lowest BCUT2D eigenvalue weighted by Gasteiger charge is -2.43. The monoisotopic (exact) mass is 631 g/mol. The molecule has 2 saturated heterocycles. The molecule has 2 heterocycles. The van der Waals surface area contributed by atoms with Gasteiger partial charge in [-0.1, -0.05) is 41.9 Å². The molecule has 0 bridgehead atoms. The average molecular weight is 632 g/mol. The van der Waals surface area contributed by atoms with Crippen LogP contribution >= 0.6 is 11.6 Å². The van der Waals surface area contributed by atoms with Gasteiger partial charge in [-0.15, -0.1) is 0 Å². The Morgan fingerprint density at radius 1 is 1.02 bits per heavy atom. The summed E-state index contributed by atoms with van der Waals surface area (Å²) in [5, 5.41) is 0.259. The van der Waals surface area contributed by atoms with Gasteiger partial charge in [-0.2, -0.15) is 0 Å². The van der Waals surface area contributed by atoms with E-state index in [1.165, 1.54) is 12.1 Å². The molecule has 3 aromatic rings. The number of sulfone groups is 2. The summed E-state index contributed by atoms with van der Waals surface area (Å²) < 4.78 is 71.9. The highest BCUT2D eigenvalue weighted by molar-refractivity contribution is 7.92. The van der Waals surface area contributed by atoms with Gasteiger partial charge >= 0.3 is 0 Å². The zero-order valence-electron chi connectivity index (χ0n) is 22.8. The van der Waals surface area contributed by atoms with Crippen molar-refractivity contribution in [3.8, 4) is 5.75 Å². The zero-order chi connectivity index (χ0) is 29.7. The maximum atomic E-state index is 14.5. The molecule has 7 nitrogen and oxygen atoms in total. The molecule has 3 aromatic carbocycles. The van der Waals surface area contributed by atoms with E-state index in [0.29, 0.717) is 24.2 Å². The van der Waals surface area contributed by atoms with Crippen molar-refractivity contribution < 1.29 is 30.8 Å². The minimum absolute atomic E-state index is 0.0287. The summed E-state index contributed by atoms with van der Waals surface area (Å²) in [7, 11) is -7.11. The van der Waals surface area contributed by atoms with Crippen molar-refractivity contribution in [3.05, 3.63) is 94.3 Å². The van der Waals surface area contributed by atoms with Crippen molar-refractivity contribution in [3.63, 3.8) is 0 Å². The standard InChI is InChI=1S/C31H31ClFNO6S2/c32-27-7-4-8-28(33)25(27)20-40-23-10-11-26-22(19-23)9-12-29-31(26,42(38,39)24-5-2-1-3-6-24)15-16-34(29)30(35)21-13-17-41(36,37)18-14-21/h1-8,10-11,19,21,29H,9,12-18,20H2/t29-,31-/m1/s1. The molecule has 0 spiro atoms. The van der Waals surface area contributed by atoms with Crippen LogP contribution in [0.4, 0.5) is 4.39 Å². The van der Waals surface area contributed by atoms with E-state index in [9.17, 15) is 26.0 Å². The van der Waals surface area contributed by atoms with Gasteiger partial charge in [-0.25, -0.2) is 21.2 Å². The van der Waals surface area contributed by atoms with E-state index < -0.39 is 42.2 Å². The number of halogens is 2. The second kappa shape index (κ2) is 11.0. The molecule has 1 amide bonds. The zero-order valence-corrected chi connectivity index (χ0v) is 25.2. The van der Waals surface area contributed by atoms with Crippen LogP contribution in [0.3, 0.4) is 0 Å². The van der Waals surface area contributed by atoms with E-state index in [1.807, 2.05) is 0 Å². The highest BCUT2D eigenvalue weighted by atomic mass is 35.5. The van der Waals surface area contributed by atoms with Crippen molar-refractivity contribution >= 4 is 37.2 Å². The Morgan fingerprint density at radius 2 is 1.76 bits per heavy atom. The lowest BCUT2D eigenvalue weighted by atomic mass is 9.78. The van der Waals surface area contributed by atoms with Crippen LogP contribution in [0.1, 0.15) is 42.4 Å². The molecule has 0 N–H and O–H groups in total. The lowest BCUT2D eigenvalue weighted by molar-refractivity contribution is -0.137. The van der Waals surface area contributed by atoms with E-state index in [2.05, 4.69) is 0 Å². The summed E-state index contributed by atoms with van der Waals surface area (Å²) >= 11 is 6.16. The molecule has 3 aliphatic rings. The van der Waals surface area contributed by atoms with Gasteiger partial charge in [0.1, 0.15) is 32.8 Å². The largest absolute Gasteiger partial charge is 0.489 e. The first kappa shape index (κ1) is 29.1. The Kier molecular flexibility index (Phi) is 7.60. The van der Waals surface area contributed by atoms with Crippen LogP contribution in [-0.2, 0) is 42.2 Å². The maximum Gasteiger partial charge on any atom is 0.226 e. The van der Waals surface area contributed by atoms with Crippen LogP contribution in [0.5, 0.6) is 5.75 Å². The number of likely N-dealkylation sites (tertiary alicyclic amines) is 1. The van der Waals surface area contributed by atoms with Gasteiger partial charge in [0.2, 0.25) is 5.91 Å². The predicted octanol–water partition coefficient (Wildman–Crippen LogP) is 5.10. The Balaban J connectivity index is 1.36. The molecule has 42 heavy (non-hydrogen) atoms. The fraction of sp³-hybridized carbons (Fsp3) is 0.387. The van der Waals surface area contributed by atoms with Crippen LogP contribution in [0, 0.1) is 11.7 Å². The molecule has 0 radical (unpaired) electrons. The van der Waals surface area contributed by atoms with E-state index in [4.69, 9.17) is 16.3 Å². The van der Waals surface area contributed by atoms with Crippen LogP contribution in [-0.4, -0.2) is 51.7 Å². The van der Waals surface area contributed by atoms with Crippen molar-refractivity contribution in [2.75, 3.05) is 18.1 Å². The van der Waals surface area contributed by atoms with Gasteiger partial charge in [0.25, 0.3) is 0 Å². The highest BCUT2D eigenvalue weighted by Gasteiger charge is 2.61. The summed E-state index contributed by atoms with van der Waals surface area (Å²) in [6, 6.07) is 17.4. The van der Waals surface area contributed by atoms with Gasteiger partial charge < -0.3 is 9.64 Å². The number of nitrogens with zero attached hydrogens (tertiary/aromatic N) is 1. The van der Waals surface area contributed by atoms with Crippen molar-refractivity contribution in [2.24, 2.45) is 5.92 Å². The summed E-state index contributed by atoms with van der Waals surface area (Å²) in [5.74, 6) is -0.662. The number of rotatable bonds is 6. The number of ether oxygens (including phenoxy) is 1. The molecular formula is C31H31ClFNO6S2. The highest BCUT2D eigenvalue weighted by Crippen LogP contribution is 2.53. The number of benzene rings is 3. The van der Waals surface area contributed by atoms with Gasteiger partial charge in [-0.05, 0) is 79.6 Å². The Morgan fingerprint density at radius 3 is 2.48 bits per heavy atom. The number of hydrogen-bond donors (Lipinski definition) is 0. The van der Waals surface area contributed by atoms with Gasteiger partial charge in [-0.3, -0.25) is 4.79 Å². The van der Waals surface area contributed by atoms with E-state index in [1.54, 1.807) is 59.5 Å². The first-order chi connectivity index (χ1) is 20.0. The number of carbonyl (C=O) groups is 1. The second-order valence-corrected chi connectivity index (χ2v) is 16.2. The minimum Gasteiger partial charge on any atom is -0.489 e. The third-order valence-corrected chi connectivity index (χ3v) is 13.6. The van der Waals surface area contributed by atoms with E-state index in [-0.39, 0.29) is 65.3 Å². The number of hydrogen-bond acceptors (Lipinski definition) is 6. The number of fused-ring (bicyclic) bond motifs is 3. The SMILES string of the molecule is O=C(C1CCS(=O)(=O)CC1)N1CC[C@@]2(S(=O)(=O)c3ccccc3)c3ccc(OCc4c(F)cccc4Cl)cc3CC[C@@H]12. The minimum atomic E-state index is -3.97. The third kappa shape index (κ3) is 4.91. The Bertz CT molecular complexity index is 1710. The molecule has 6 rings (SSSR count). The molecule has 2 aliphatic heterocycles.